The molecule has 0 atom stereocenters. The molecule has 0 N–H and O–H groups in total. The fourth-order valence-electron chi connectivity index (χ4n) is 4.52. The molecule has 5 nitrogen and oxygen atoms in total. The highest BCUT2D eigenvalue weighted by atomic mass is 35.5. The highest BCUT2D eigenvalue weighted by Crippen LogP contribution is 2.43. The van der Waals surface area contributed by atoms with E-state index in [0.717, 1.165) is 22.3 Å². The first kappa shape index (κ1) is 27.4. The Balaban J connectivity index is 1.69. The van der Waals surface area contributed by atoms with Crippen LogP contribution in [-0.2, 0) is 12.0 Å². The van der Waals surface area contributed by atoms with Gasteiger partial charge in [0.05, 0.1) is 23.7 Å². The number of rotatable bonds is 7. The molecular formula is C33H30ClFN2O3. The van der Waals surface area contributed by atoms with Crippen LogP contribution in [-0.4, -0.2) is 17.1 Å². The van der Waals surface area contributed by atoms with Gasteiger partial charge >= 0.3 is 0 Å². The third kappa shape index (κ3) is 5.73. The maximum absolute atomic E-state index is 13.9. The zero-order valence-electron chi connectivity index (χ0n) is 23.1. The van der Waals surface area contributed by atoms with Gasteiger partial charge in [-0.05, 0) is 53.3 Å². The number of pyridine rings is 2. The minimum Gasteiger partial charge on any atom is -0.493 e. The van der Waals surface area contributed by atoms with Gasteiger partial charge in [-0.1, -0.05) is 68.8 Å². The Morgan fingerprint density at radius 2 is 1.65 bits per heavy atom. The second-order valence-electron chi connectivity index (χ2n) is 10.6. The summed E-state index contributed by atoms with van der Waals surface area (Å²) >= 11 is 6.53. The Hall–Kier alpha value is -4.16. The summed E-state index contributed by atoms with van der Waals surface area (Å²) in [7, 11) is 1.48. The van der Waals surface area contributed by atoms with Crippen LogP contribution in [0.25, 0.3) is 22.2 Å². The molecule has 0 aliphatic heterocycles. The molecule has 40 heavy (non-hydrogen) atoms. The van der Waals surface area contributed by atoms with Crippen LogP contribution in [0, 0.1) is 12.7 Å². The maximum atomic E-state index is 13.9. The first-order chi connectivity index (χ1) is 19.1. The van der Waals surface area contributed by atoms with Crippen molar-refractivity contribution in [2.45, 2.75) is 39.7 Å². The molecule has 0 aliphatic carbocycles. The molecule has 0 saturated carbocycles. The number of hydrogen-bond donors (Lipinski definition) is 0. The maximum Gasteiger partial charge on any atom is 0.169 e. The Labute approximate surface area is 238 Å². The molecule has 3 aromatic carbocycles. The van der Waals surface area contributed by atoms with Gasteiger partial charge in [-0.15, -0.1) is 0 Å². The normalized spacial score (nSPS) is 11.5. The van der Waals surface area contributed by atoms with Gasteiger partial charge in [-0.2, -0.15) is 0 Å². The minimum absolute atomic E-state index is 0.145. The topological polar surface area (TPSA) is 53.5 Å². The van der Waals surface area contributed by atoms with Crippen molar-refractivity contribution in [1.82, 2.24) is 9.97 Å². The molecule has 5 aromatic rings. The van der Waals surface area contributed by atoms with E-state index in [0.29, 0.717) is 51.4 Å². The number of ether oxygens (including phenoxy) is 3. The highest BCUT2D eigenvalue weighted by molar-refractivity contribution is 6.34. The van der Waals surface area contributed by atoms with Crippen molar-refractivity contribution in [3.05, 3.63) is 107 Å². The average Bonchev–Trinajstić information content (AvgIpc) is 2.92. The van der Waals surface area contributed by atoms with Gasteiger partial charge in [0.2, 0.25) is 0 Å². The predicted molar refractivity (Wildman–Crippen MR) is 157 cm³/mol. The van der Waals surface area contributed by atoms with Crippen LogP contribution in [0.2, 0.25) is 5.15 Å². The predicted octanol–water partition coefficient (Wildman–Crippen LogP) is 9.08. The number of fused-ring (bicyclic) bond motifs is 1. The van der Waals surface area contributed by atoms with Crippen molar-refractivity contribution in [1.29, 1.82) is 0 Å². The SMILES string of the molecule is COc1cc(F)ccc1Oc1cc(C(C)(C)C)cc(C)c1-c1cc(OCc2ccccc2)c2c(Cl)nccc2n1. The van der Waals surface area contributed by atoms with Crippen LogP contribution in [0.15, 0.2) is 79.0 Å². The summed E-state index contributed by atoms with van der Waals surface area (Å²) in [5.41, 5.74) is 4.99. The van der Waals surface area contributed by atoms with Crippen LogP contribution < -0.4 is 14.2 Å². The molecule has 0 saturated heterocycles. The van der Waals surface area contributed by atoms with E-state index in [1.165, 1.54) is 19.2 Å². The van der Waals surface area contributed by atoms with Gasteiger partial charge < -0.3 is 14.2 Å². The summed E-state index contributed by atoms with van der Waals surface area (Å²) in [5.74, 6) is 1.40. The largest absolute Gasteiger partial charge is 0.493 e. The lowest BCUT2D eigenvalue weighted by Crippen LogP contribution is -2.12. The summed E-state index contributed by atoms with van der Waals surface area (Å²) < 4.78 is 32.1. The highest BCUT2D eigenvalue weighted by Gasteiger charge is 2.23. The van der Waals surface area contributed by atoms with Crippen LogP contribution in [0.4, 0.5) is 4.39 Å². The van der Waals surface area contributed by atoms with Gasteiger partial charge in [0.25, 0.3) is 0 Å². The first-order valence-electron chi connectivity index (χ1n) is 12.9. The lowest BCUT2D eigenvalue weighted by atomic mass is 9.84. The van der Waals surface area contributed by atoms with Crippen LogP contribution in [0.5, 0.6) is 23.0 Å². The summed E-state index contributed by atoms with van der Waals surface area (Å²) in [6, 6.07) is 21.9. The van der Waals surface area contributed by atoms with Crippen molar-refractivity contribution >= 4 is 22.5 Å². The van der Waals surface area contributed by atoms with Gasteiger partial charge in [0, 0.05) is 23.9 Å². The quantitative estimate of drug-likeness (QED) is 0.187. The summed E-state index contributed by atoms with van der Waals surface area (Å²) in [6.07, 6.45) is 1.62. The smallest absolute Gasteiger partial charge is 0.169 e. The van der Waals surface area contributed by atoms with Crippen molar-refractivity contribution in [2.75, 3.05) is 7.11 Å². The molecule has 5 rings (SSSR count). The molecule has 2 heterocycles. The van der Waals surface area contributed by atoms with E-state index in [4.69, 9.17) is 30.8 Å². The molecule has 0 amide bonds. The molecule has 0 bridgehead atoms. The number of hydrogen-bond acceptors (Lipinski definition) is 5. The molecule has 0 spiro atoms. The Morgan fingerprint density at radius 1 is 0.875 bits per heavy atom. The van der Waals surface area contributed by atoms with Crippen LogP contribution in [0.1, 0.15) is 37.5 Å². The third-order valence-electron chi connectivity index (χ3n) is 6.64. The Bertz CT molecular complexity index is 1680. The number of halogens is 2. The van der Waals surface area contributed by atoms with Gasteiger partial charge in [-0.25, -0.2) is 14.4 Å². The van der Waals surface area contributed by atoms with E-state index in [2.05, 4.69) is 31.8 Å². The van der Waals surface area contributed by atoms with E-state index < -0.39 is 5.82 Å². The second-order valence-corrected chi connectivity index (χ2v) is 10.9. The fraction of sp³-hybridized carbons (Fsp3) is 0.212. The van der Waals surface area contributed by atoms with E-state index in [1.807, 2.05) is 55.5 Å². The first-order valence-corrected chi connectivity index (χ1v) is 13.3. The van der Waals surface area contributed by atoms with Crippen LogP contribution in [0.3, 0.4) is 0 Å². The second kappa shape index (κ2) is 11.1. The fourth-order valence-corrected chi connectivity index (χ4v) is 4.77. The van der Waals surface area contributed by atoms with Crippen molar-refractivity contribution < 1.29 is 18.6 Å². The van der Waals surface area contributed by atoms with Crippen molar-refractivity contribution in [3.63, 3.8) is 0 Å². The lowest BCUT2D eigenvalue weighted by molar-refractivity contribution is 0.310. The molecular weight excluding hydrogens is 527 g/mol. The van der Waals surface area contributed by atoms with E-state index in [9.17, 15) is 4.39 Å². The van der Waals surface area contributed by atoms with Gasteiger partial charge in [0.15, 0.2) is 11.5 Å². The summed E-state index contributed by atoms with van der Waals surface area (Å²) in [6.45, 7) is 8.80. The van der Waals surface area contributed by atoms with Gasteiger partial charge in [-0.3, -0.25) is 0 Å². The van der Waals surface area contributed by atoms with E-state index >= 15 is 0 Å². The Morgan fingerprint density at radius 3 is 2.38 bits per heavy atom. The summed E-state index contributed by atoms with van der Waals surface area (Å²) in [5, 5.41) is 0.947. The molecule has 2 aromatic heterocycles. The third-order valence-corrected chi connectivity index (χ3v) is 6.93. The van der Waals surface area contributed by atoms with E-state index in [-0.39, 0.29) is 5.41 Å². The molecule has 0 aliphatic rings. The van der Waals surface area contributed by atoms with Gasteiger partial charge in [0.1, 0.15) is 29.1 Å². The number of nitrogens with zero attached hydrogens (tertiary/aromatic N) is 2. The Kier molecular flexibility index (Phi) is 7.63. The zero-order valence-corrected chi connectivity index (χ0v) is 23.8. The van der Waals surface area contributed by atoms with Crippen molar-refractivity contribution in [2.24, 2.45) is 0 Å². The molecule has 0 fully saturated rings. The lowest BCUT2D eigenvalue weighted by Gasteiger charge is -2.24. The number of benzene rings is 3. The molecule has 0 radical (unpaired) electrons. The average molecular weight is 557 g/mol. The standard InChI is InChI=1S/C33H30ClFN2O3/c1-20-15-22(33(2,3)4)16-29(40-26-12-11-23(35)17-27(26)38-5)30(20)25-18-28(39-19-21-9-7-6-8-10-21)31-24(37-25)13-14-36-32(31)34/h6-18H,19H2,1-5H3. The minimum atomic E-state index is -0.411. The zero-order chi connectivity index (χ0) is 28.4. The number of methoxy groups -OCH3 is 1. The number of aromatic nitrogens is 2. The van der Waals surface area contributed by atoms with E-state index in [1.54, 1.807) is 12.3 Å². The van der Waals surface area contributed by atoms with Crippen molar-refractivity contribution in [3.8, 4) is 34.3 Å². The summed E-state index contributed by atoms with van der Waals surface area (Å²) in [4.78, 5) is 9.22. The number of aryl methyl sites for hydroxylation is 1. The molecule has 0 unspecified atom stereocenters. The van der Waals surface area contributed by atoms with Crippen LogP contribution >= 0.6 is 11.6 Å². The molecule has 204 valence electrons. The monoisotopic (exact) mass is 556 g/mol. The molecule has 7 heteroatoms.